The van der Waals surface area contributed by atoms with Gasteiger partial charge in [0, 0.05) is 29.0 Å². The summed E-state index contributed by atoms with van der Waals surface area (Å²) in [5.74, 6) is 0.0241. The summed E-state index contributed by atoms with van der Waals surface area (Å²) in [6.07, 6.45) is 4.91. The molecule has 2 N–H and O–H groups in total. The molecule has 1 aromatic carbocycles. The van der Waals surface area contributed by atoms with Crippen LogP contribution in [0.3, 0.4) is 0 Å². The lowest BCUT2D eigenvalue weighted by molar-refractivity contribution is 0.0957. The number of benzene rings is 1. The first-order valence-electron chi connectivity index (χ1n) is 8.28. The van der Waals surface area contributed by atoms with E-state index in [1.165, 1.54) is 11.8 Å². The normalized spacial score (nSPS) is 10.4. The molecule has 28 heavy (non-hydrogen) atoms. The predicted octanol–water partition coefficient (Wildman–Crippen LogP) is 3.43. The molecule has 0 radical (unpaired) electrons. The van der Waals surface area contributed by atoms with E-state index in [0.29, 0.717) is 16.4 Å². The molecule has 0 fully saturated rings. The van der Waals surface area contributed by atoms with Gasteiger partial charge in [0.05, 0.1) is 5.56 Å². The molecule has 1 amide bonds. The van der Waals surface area contributed by atoms with E-state index < -0.39 is 0 Å². The SMILES string of the molecule is O=C(NNc1nc(-c2ccncc2)no1)c1cccnc1Sc1ccccc1. The Morgan fingerprint density at radius 3 is 2.61 bits per heavy atom. The number of amides is 1. The van der Waals surface area contributed by atoms with Crippen LogP contribution in [-0.4, -0.2) is 26.0 Å². The van der Waals surface area contributed by atoms with Crippen LogP contribution in [0.15, 0.2) is 87.6 Å². The predicted molar refractivity (Wildman–Crippen MR) is 103 cm³/mol. The summed E-state index contributed by atoms with van der Waals surface area (Å²) in [6.45, 7) is 0. The molecule has 0 aliphatic rings. The summed E-state index contributed by atoms with van der Waals surface area (Å²) in [7, 11) is 0. The van der Waals surface area contributed by atoms with Gasteiger partial charge in [-0.2, -0.15) is 4.98 Å². The number of carbonyl (C=O) groups excluding carboxylic acids is 1. The summed E-state index contributed by atoms with van der Waals surface area (Å²) in [5, 5.41) is 4.46. The first kappa shape index (κ1) is 17.7. The van der Waals surface area contributed by atoms with Gasteiger partial charge in [-0.3, -0.25) is 15.2 Å². The van der Waals surface area contributed by atoms with Gasteiger partial charge in [-0.05, 0) is 36.4 Å². The van der Waals surface area contributed by atoms with Crippen LogP contribution in [0.4, 0.5) is 6.01 Å². The van der Waals surface area contributed by atoms with Crippen LogP contribution in [0, 0.1) is 0 Å². The Hall–Kier alpha value is -3.72. The summed E-state index contributed by atoms with van der Waals surface area (Å²) in [6, 6.07) is 16.7. The van der Waals surface area contributed by atoms with E-state index in [4.69, 9.17) is 4.52 Å². The topological polar surface area (TPSA) is 106 Å². The maximum absolute atomic E-state index is 12.6. The summed E-state index contributed by atoms with van der Waals surface area (Å²) < 4.78 is 5.10. The molecule has 4 rings (SSSR count). The van der Waals surface area contributed by atoms with Crippen LogP contribution >= 0.6 is 11.8 Å². The fraction of sp³-hybridized carbons (Fsp3) is 0. The molecule has 3 aromatic heterocycles. The Morgan fingerprint density at radius 2 is 1.79 bits per heavy atom. The zero-order chi connectivity index (χ0) is 19.2. The standard InChI is InChI=1S/C19H14N6O2S/c26-17(15-7-4-10-21-18(15)28-14-5-2-1-3-6-14)23-24-19-22-16(25-27-19)13-8-11-20-12-9-13/h1-12H,(H,23,26)(H,22,24,25). The molecule has 3 heterocycles. The first-order chi connectivity index (χ1) is 13.8. The lowest BCUT2D eigenvalue weighted by Crippen LogP contribution is -2.30. The maximum atomic E-state index is 12.6. The Morgan fingerprint density at radius 1 is 0.964 bits per heavy atom. The Balaban J connectivity index is 1.44. The number of nitrogens with one attached hydrogen (secondary N) is 2. The molecular weight excluding hydrogens is 376 g/mol. The van der Waals surface area contributed by atoms with Crippen LogP contribution in [0.25, 0.3) is 11.4 Å². The fourth-order valence-electron chi connectivity index (χ4n) is 2.32. The first-order valence-corrected chi connectivity index (χ1v) is 9.09. The van der Waals surface area contributed by atoms with Crippen LogP contribution in [0.5, 0.6) is 0 Å². The highest BCUT2D eigenvalue weighted by molar-refractivity contribution is 7.99. The maximum Gasteiger partial charge on any atom is 0.340 e. The van der Waals surface area contributed by atoms with Gasteiger partial charge < -0.3 is 4.52 Å². The van der Waals surface area contributed by atoms with Crippen LogP contribution in [0.1, 0.15) is 10.4 Å². The summed E-state index contributed by atoms with van der Waals surface area (Å²) in [4.78, 5) is 26.0. The largest absolute Gasteiger partial charge is 0.340 e. The molecule has 8 nitrogen and oxygen atoms in total. The fourth-order valence-corrected chi connectivity index (χ4v) is 3.22. The van der Waals surface area contributed by atoms with E-state index in [0.717, 1.165) is 10.5 Å². The van der Waals surface area contributed by atoms with Crippen molar-refractivity contribution < 1.29 is 9.32 Å². The third kappa shape index (κ3) is 4.15. The van der Waals surface area contributed by atoms with Crippen molar-refractivity contribution in [3.63, 3.8) is 0 Å². The Kier molecular flexibility index (Phi) is 5.25. The zero-order valence-corrected chi connectivity index (χ0v) is 15.3. The van der Waals surface area contributed by atoms with Gasteiger partial charge in [-0.15, -0.1) is 0 Å². The van der Waals surface area contributed by atoms with E-state index in [-0.39, 0.29) is 11.9 Å². The van der Waals surface area contributed by atoms with Gasteiger partial charge in [0.2, 0.25) is 5.82 Å². The second-order valence-electron chi connectivity index (χ2n) is 5.51. The van der Waals surface area contributed by atoms with Crippen molar-refractivity contribution in [2.45, 2.75) is 9.92 Å². The number of hydrogen-bond acceptors (Lipinski definition) is 8. The molecule has 0 bridgehead atoms. The van der Waals surface area contributed by atoms with Crippen LogP contribution in [-0.2, 0) is 0 Å². The third-order valence-corrected chi connectivity index (χ3v) is 4.65. The van der Waals surface area contributed by atoms with Crippen molar-refractivity contribution in [3.05, 3.63) is 78.8 Å². The van der Waals surface area contributed by atoms with Gasteiger partial charge >= 0.3 is 6.01 Å². The smallest absolute Gasteiger partial charge is 0.313 e. The molecule has 0 spiro atoms. The number of pyridine rings is 2. The molecule has 0 atom stereocenters. The van der Waals surface area contributed by atoms with Crippen molar-refractivity contribution >= 4 is 23.7 Å². The lowest BCUT2D eigenvalue weighted by Gasteiger charge is -2.08. The average Bonchev–Trinajstić information content (AvgIpc) is 3.23. The number of anilines is 1. The molecule has 0 aliphatic heterocycles. The quantitative estimate of drug-likeness (QED) is 0.482. The second kappa shape index (κ2) is 8.31. The van der Waals surface area contributed by atoms with Gasteiger partial charge in [-0.25, -0.2) is 10.4 Å². The van der Waals surface area contributed by atoms with Crippen LogP contribution < -0.4 is 10.9 Å². The molecule has 0 saturated carbocycles. The van der Waals surface area contributed by atoms with E-state index in [2.05, 4.69) is 31.0 Å². The van der Waals surface area contributed by atoms with Crippen molar-refractivity contribution in [1.82, 2.24) is 25.5 Å². The second-order valence-corrected chi connectivity index (χ2v) is 6.57. The number of rotatable bonds is 6. The van der Waals surface area contributed by atoms with Crippen molar-refractivity contribution in [2.24, 2.45) is 0 Å². The highest BCUT2D eigenvalue weighted by atomic mass is 32.2. The highest BCUT2D eigenvalue weighted by Gasteiger charge is 2.15. The van der Waals surface area contributed by atoms with Crippen molar-refractivity contribution in [2.75, 3.05) is 5.43 Å². The van der Waals surface area contributed by atoms with Gasteiger partial charge in [-0.1, -0.05) is 35.1 Å². The Labute approximate surface area is 164 Å². The van der Waals surface area contributed by atoms with Crippen LogP contribution in [0.2, 0.25) is 0 Å². The third-order valence-electron chi connectivity index (χ3n) is 3.62. The van der Waals surface area contributed by atoms with Gasteiger partial charge in [0.1, 0.15) is 5.03 Å². The molecule has 138 valence electrons. The van der Waals surface area contributed by atoms with E-state index in [9.17, 15) is 4.79 Å². The molecule has 9 heteroatoms. The molecule has 4 aromatic rings. The number of carbonyl (C=O) groups is 1. The minimum Gasteiger partial charge on any atom is -0.313 e. The zero-order valence-electron chi connectivity index (χ0n) is 14.4. The lowest BCUT2D eigenvalue weighted by atomic mass is 10.3. The number of aromatic nitrogens is 4. The minimum atomic E-state index is -0.366. The van der Waals surface area contributed by atoms with Crippen molar-refractivity contribution in [1.29, 1.82) is 0 Å². The van der Waals surface area contributed by atoms with Gasteiger partial charge in [0.25, 0.3) is 5.91 Å². The highest BCUT2D eigenvalue weighted by Crippen LogP contribution is 2.28. The van der Waals surface area contributed by atoms with E-state index in [1.807, 2.05) is 30.3 Å². The molecule has 0 aliphatic carbocycles. The van der Waals surface area contributed by atoms with Gasteiger partial charge in [0.15, 0.2) is 0 Å². The molecule has 0 saturated heterocycles. The number of nitrogens with zero attached hydrogens (tertiary/aromatic N) is 4. The number of hydrogen-bond donors (Lipinski definition) is 2. The molecular formula is C19H14N6O2S. The summed E-state index contributed by atoms with van der Waals surface area (Å²) in [5.41, 5.74) is 6.37. The monoisotopic (exact) mass is 390 g/mol. The average molecular weight is 390 g/mol. The number of hydrazine groups is 1. The minimum absolute atomic E-state index is 0.0707. The van der Waals surface area contributed by atoms with E-state index in [1.54, 1.807) is 42.9 Å². The Bertz CT molecular complexity index is 1070. The molecule has 0 unspecified atom stereocenters. The van der Waals surface area contributed by atoms with Crippen molar-refractivity contribution in [3.8, 4) is 11.4 Å². The summed E-state index contributed by atoms with van der Waals surface area (Å²) >= 11 is 1.41. The van der Waals surface area contributed by atoms with E-state index >= 15 is 0 Å².